The van der Waals surface area contributed by atoms with Gasteiger partial charge in [-0.2, -0.15) is 0 Å². The normalized spacial score (nSPS) is 18.2. The Hall–Kier alpha value is -2.28. The fraction of sp³-hybridized carbons (Fsp3) is 0.357. The average molecular weight is 294 g/mol. The number of hydrogen-bond donors (Lipinski definition) is 1. The lowest BCUT2D eigenvalue weighted by Gasteiger charge is -2.15. The number of hydrogen-bond acceptors (Lipinski definition) is 5. The van der Waals surface area contributed by atoms with Crippen LogP contribution in [0.4, 0.5) is 10.1 Å². The summed E-state index contributed by atoms with van der Waals surface area (Å²) in [5, 5.41) is 2.70. The molecule has 2 amide bonds. The molecule has 0 spiro atoms. The lowest BCUT2D eigenvalue weighted by molar-refractivity contribution is -0.142. The number of nitrogens with one attached hydrogen (secondary N) is 1. The summed E-state index contributed by atoms with van der Waals surface area (Å²) in [7, 11) is 0. The van der Waals surface area contributed by atoms with Crippen LogP contribution in [0.5, 0.6) is 0 Å². The molecule has 1 aromatic rings. The van der Waals surface area contributed by atoms with E-state index >= 15 is 0 Å². The van der Waals surface area contributed by atoms with E-state index in [1.807, 2.05) is 0 Å². The van der Waals surface area contributed by atoms with Crippen molar-refractivity contribution in [3.05, 3.63) is 30.1 Å². The van der Waals surface area contributed by atoms with Crippen molar-refractivity contribution in [3.63, 3.8) is 0 Å². The van der Waals surface area contributed by atoms with Crippen LogP contribution in [0.25, 0.3) is 0 Å². The molecule has 0 aromatic heterocycles. The highest BCUT2D eigenvalue weighted by molar-refractivity contribution is 6.22. The highest BCUT2D eigenvalue weighted by Gasteiger charge is 2.39. The van der Waals surface area contributed by atoms with Crippen molar-refractivity contribution in [3.8, 4) is 0 Å². The molecule has 1 N–H and O–H groups in total. The third kappa shape index (κ3) is 3.43. The molecule has 1 aliphatic heterocycles. The highest BCUT2D eigenvalue weighted by atomic mass is 19.1. The van der Waals surface area contributed by atoms with E-state index in [2.05, 4.69) is 5.32 Å². The van der Waals surface area contributed by atoms with Crippen LogP contribution in [0.3, 0.4) is 0 Å². The van der Waals surface area contributed by atoms with E-state index in [1.54, 1.807) is 6.92 Å². The van der Waals surface area contributed by atoms with Crippen molar-refractivity contribution in [1.29, 1.82) is 0 Å². The van der Waals surface area contributed by atoms with Gasteiger partial charge in [0.2, 0.25) is 5.91 Å². The maximum absolute atomic E-state index is 12.9. The van der Waals surface area contributed by atoms with Crippen LogP contribution < -0.4 is 10.2 Å². The molecule has 0 aliphatic carbocycles. The maximum atomic E-state index is 12.9. The number of amides is 2. The first-order valence-electron chi connectivity index (χ1n) is 6.54. The van der Waals surface area contributed by atoms with E-state index in [1.165, 1.54) is 24.3 Å². The number of nitrogens with zero attached hydrogens (tertiary/aromatic N) is 1. The molecule has 2 rings (SSSR count). The van der Waals surface area contributed by atoms with E-state index in [4.69, 9.17) is 4.74 Å². The van der Waals surface area contributed by atoms with Gasteiger partial charge in [0.05, 0.1) is 31.3 Å². The standard InChI is InChI=1S/C14H15FN2O4/c1-2-21-13(19)8-16-11-7-12(18)17(14(11)20)10-5-3-9(15)4-6-10/h3-6,11,16H,2,7-8H2,1H3/t11-/m1/s1. The summed E-state index contributed by atoms with van der Waals surface area (Å²) in [5.41, 5.74) is 0.312. The lowest BCUT2D eigenvalue weighted by Crippen LogP contribution is -2.41. The third-order valence-electron chi connectivity index (χ3n) is 3.03. The van der Waals surface area contributed by atoms with Gasteiger partial charge in [-0.3, -0.25) is 19.7 Å². The maximum Gasteiger partial charge on any atom is 0.319 e. The van der Waals surface area contributed by atoms with Crippen LogP contribution in [-0.2, 0) is 19.1 Å². The Bertz CT molecular complexity index is 559. The minimum atomic E-state index is -0.771. The molecule has 0 unspecified atom stereocenters. The fourth-order valence-corrected chi connectivity index (χ4v) is 2.07. The summed E-state index contributed by atoms with van der Waals surface area (Å²) in [5.74, 6) is -1.79. The Morgan fingerprint density at radius 1 is 1.38 bits per heavy atom. The molecule has 1 atom stereocenters. The smallest absolute Gasteiger partial charge is 0.319 e. The first kappa shape index (κ1) is 15.1. The minimum absolute atomic E-state index is 0.0460. The van der Waals surface area contributed by atoms with Gasteiger partial charge in [0.1, 0.15) is 5.82 Å². The Kier molecular flexibility index (Phi) is 4.64. The van der Waals surface area contributed by atoms with Crippen LogP contribution in [0.1, 0.15) is 13.3 Å². The second-order valence-electron chi connectivity index (χ2n) is 4.49. The quantitative estimate of drug-likeness (QED) is 0.636. The summed E-state index contributed by atoms with van der Waals surface area (Å²) in [6, 6.07) is 4.30. The molecule has 0 radical (unpaired) electrons. The Morgan fingerprint density at radius 3 is 2.67 bits per heavy atom. The predicted molar refractivity (Wildman–Crippen MR) is 71.9 cm³/mol. The second-order valence-corrected chi connectivity index (χ2v) is 4.49. The van der Waals surface area contributed by atoms with Crippen molar-refractivity contribution >= 4 is 23.5 Å². The van der Waals surface area contributed by atoms with Crippen LogP contribution in [0, 0.1) is 5.82 Å². The first-order valence-corrected chi connectivity index (χ1v) is 6.54. The fourth-order valence-electron chi connectivity index (χ4n) is 2.07. The molecule has 112 valence electrons. The topological polar surface area (TPSA) is 75.7 Å². The van der Waals surface area contributed by atoms with Crippen LogP contribution >= 0.6 is 0 Å². The molecule has 7 heteroatoms. The molecule has 0 bridgehead atoms. The third-order valence-corrected chi connectivity index (χ3v) is 3.03. The molecular formula is C14H15FN2O4. The van der Waals surface area contributed by atoms with Gasteiger partial charge in [-0.15, -0.1) is 0 Å². The summed E-state index contributed by atoms with van der Waals surface area (Å²) in [6.07, 6.45) is -0.0460. The van der Waals surface area contributed by atoms with Gasteiger partial charge in [-0.1, -0.05) is 0 Å². The molecule has 1 aliphatic rings. The number of esters is 1. The van der Waals surface area contributed by atoms with E-state index in [0.717, 1.165) is 4.90 Å². The zero-order chi connectivity index (χ0) is 15.4. The molecule has 6 nitrogen and oxygen atoms in total. The van der Waals surface area contributed by atoms with Crippen molar-refractivity contribution in [1.82, 2.24) is 5.32 Å². The largest absolute Gasteiger partial charge is 0.465 e. The Balaban J connectivity index is 2.03. The molecule has 1 heterocycles. The SMILES string of the molecule is CCOC(=O)CN[C@@H]1CC(=O)N(c2ccc(F)cc2)C1=O. The monoisotopic (exact) mass is 294 g/mol. The number of ether oxygens (including phenoxy) is 1. The number of imide groups is 1. The zero-order valence-electron chi connectivity index (χ0n) is 11.5. The van der Waals surface area contributed by atoms with Crippen LogP contribution in [0.2, 0.25) is 0 Å². The second kappa shape index (κ2) is 6.45. The van der Waals surface area contributed by atoms with Gasteiger partial charge < -0.3 is 4.74 Å². The molecule has 21 heavy (non-hydrogen) atoms. The van der Waals surface area contributed by atoms with Crippen LogP contribution in [-0.4, -0.2) is 37.0 Å². The number of carbonyl (C=O) groups excluding carboxylic acids is 3. The van der Waals surface area contributed by atoms with Crippen LogP contribution in [0.15, 0.2) is 24.3 Å². The zero-order valence-corrected chi connectivity index (χ0v) is 11.5. The van der Waals surface area contributed by atoms with Gasteiger partial charge in [-0.25, -0.2) is 9.29 Å². The molecular weight excluding hydrogens is 279 g/mol. The number of carbonyl (C=O) groups is 3. The van der Waals surface area contributed by atoms with E-state index in [0.29, 0.717) is 5.69 Å². The average Bonchev–Trinajstić information content (AvgIpc) is 2.73. The summed E-state index contributed by atoms with van der Waals surface area (Å²) < 4.78 is 17.6. The van der Waals surface area contributed by atoms with Gasteiger partial charge in [0.15, 0.2) is 0 Å². The summed E-state index contributed by atoms with van der Waals surface area (Å²) in [6.45, 7) is 1.78. The number of halogens is 1. The van der Waals surface area contributed by atoms with Crippen molar-refractivity contribution in [2.75, 3.05) is 18.1 Å². The van der Waals surface area contributed by atoms with Gasteiger partial charge in [0.25, 0.3) is 5.91 Å². The van der Waals surface area contributed by atoms with E-state index in [9.17, 15) is 18.8 Å². The molecule has 1 saturated heterocycles. The Labute approximate surface area is 120 Å². The lowest BCUT2D eigenvalue weighted by atomic mass is 10.2. The molecule has 1 fully saturated rings. The number of rotatable bonds is 5. The van der Waals surface area contributed by atoms with Gasteiger partial charge >= 0.3 is 5.97 Å². The Morgan fingerprint density at radius 2 is 2.05 bits per heavy atom. The van der Waals surface area contributed by atoms with Crippen molar-refractivity contribution in [2.24, 2.45) is 0 Å². The summed E-state index contributed by atoms with van der Waals surface area (Å²) >= 11 is 0. The van der Waals surface area contributed by atoms with Crippen molar-refractivity contribution < 1.29 is 23.5 Å². The number of benzene rings is 1. The molecule has 0 saturated carbocycles. The van der Waals surface area contributed by atoms with Gasteiger partial charge in [0, 0.05) is 0 Å². The summed E-state index contributed by atoms with van der Waals surface area (Å²) in [4.78, 5) is 36.3. The van der Waals surface area contributed by atoms with Gasteiger partial charge in [-0.05, 0) is 31.2 Å². The molecule has 1 aromatic carbocycles. The minimum Gasteiger partial charge on any atom is -0.465 e. The van der Waals surface area contributed by atoms with E-state index < -0.39 is 29.6 Å². The highest BCUT2D eigenvalue weighted by Crippen LogP contribution is 2.22. The number of anilines is 1. The first-order chi connectivity index (χ1) is 10.0. The van der Waals surface area contributed by atoms with Crippen molar-refractivity contribution in [2.45, 2.75) is 19.4 Å². The predicted octanol–water partition coefficient (Wildman–Crippen LogP) is 0.610. The van der Waals surface area contributed by atoms with E-state index in [-0.39, 0.29) is 19.6 Å².